The summed E-state index contributed by atoms with van der Waals surface area (Å²) in [6.45, 7) is 6.41. The van der Waals surface area contributed by atoms with E-state index in [9.17, 15) is 10.2 Å². The Morgan fingerprint density at radius 1 is 1.07 bits per heavy atom. The maximum absolute atomic E-state index is 9.93. The third-order valence-corrected chi connectivity index (χ3v) is 3.51. The fourth-order valence-corrected chi connectivity index (χ4v) is 2.84. The highest BCUT2D eigenvalue weighted by atomic mass is 16.3. The van der Waals surface area contributed by atoms with Gasteiger partial charge in [-0.15, -0.1) is 0 Å². The molecule has 1 aliphatic rings. The standard InChI is InChI=1S/C12H24O2/c1-4-11(13)12(14)10-6-8(2)5-9(3)7-10/h8-14H,4-7H2,1-3H3. The van der Waals surface area contributed by atoms with Gasteiger partial charge in [0.25, 0.3) is 0 Å². The van der Waals surface area contributed by atoms with Crippen molar-refractivity contribution in [3.63, 3.8) is 0 Å². The zero-order valence-corrected chi connectivity index (χ0v) is 9.61. The first-order valence-electron chi connectivity index (χ1n) is 5.90. The molecule has 0 spiro atoms. The molecule has 0 saturated heterocycles. The Balaban J connectivity index is 2.50. The van der Waals surface area contributed by atoms with E-state index in [0.717, 1.165) is 12.8 Å². The molecule has 2 N–H and O–H groups in total. The molecule has 0 aliphatic heterocycles. The molecule has 0 aromatic carbocycles. The number of aliphatic hydroxyl groups is 2. The van der Waals surface area contributed by atoms with Crippen LogP contribution in [-0.4, -0.2) is 22.4 Å². The normalized spacial score (nSPS) is 37.9. The molecule has 1 fully saturated rings. The van der Waals surface area contributed by atoms with E-state index in [2.05, 4.69) is 13.8 Å². The summed E-state index contributed by atoms with van der Waals surface area (Å²) in [7, 11) is 0. The summed E-state index contributed by atoms with van der Waals surface area (Å²) in [4.78, 5) is 0. The largest absolute Gasteiger partial charge is 0.390 e. The molecule has 4 atom stereocenters. The Kier molecular flexibility index (Phi) is 4.39. The van der Waals surface area contributed by atoms with Crippen LogP contribution in [0, 0.1) is 17.8 Å². The van der Waals surface area contributed by atoms with Gasteiger partial charge in [-0.2, -0.15) is 0 Å². The lowest BCUT2D eigenvalue weighted by Crippen LogP contribution is -2.37. The van der Waals surface area contributed by atoms with Crippen molar-refractivity contribution >= 4 is 0 Å². The van der Waals surface area contributed by atoms with Crippen LogP contribution >= 0.6 is 0 Å². The molecule has 0 heterocycles. The van der Waals surface area contributed by atoms with Crippen LogP contribution in [0.15, 0.2) is 0 Å². The number of hydrogen-bond acceptors (Lipinski definition) is 2. The second kappa shape index (κ2) is 5.13. The van der Waals surface area contributed by atoms with Crippen molar-refractivity contribution in [2.45, 2.75) is 58.7 Å². The molecule has 2 heteroatoms. The molecular formula is C12H24O2. The molecular weight excluding hydrogens is 176 g/mol. The van der Waals surface area contributed by atoms with E-state index in [-0.39, 0.29) is 0 Å². The Morgan fingerprint density at radius 2 is 1.57 bits per heavy atom. The molecule has 84 valence electrons. The highest BCUT2D eigenvalue weighted by Gasteiger charge is 2.31. The van der Waals surface area contributed by atoms with Gasteiger partial charge in [0.1, 0.15) is 0 Å². The second-order valence-corrected chi connectivity index (χ2v) is 5.14. The zero-order valence-electron chi connectivity index (χ0n) is 9.61. The summed E-state index contributed by atoms with van der Waals surface area (Å²) in [6, 6.07) is 0. The van der Waals surface area contributed by atoms with Crippen molar-refractivity contribution in [2.75, 3.05) is 0 Å². The quantitative estimate of drug-likeness (QED) is 0.733. The minimum absolute atomic E-state index is 0.309. The molecule has 1 saturated carbocycles. The van der Waals surface area contributed by atoms with Crippen LogP contribution in [0.25, 0.3) is 0 Å². The van der Waals surface area contributed by atoms with Crippen molar-refractivity contribution in [1.82, 2.24) is 0 Å². The van der Waals surface area contributed by atoms with Gasteiger partial charge >= 0.3 is 0 Å². The lowest BCUT2D eigenvalue weighted by molar-refractivity contribution is -0.0395. The monoisotopic (exact) mass is 200 g/mol. The Morgan fingerprint density at radius 3 is 2.00 bits per heavy atom. The predicted octanol–water partition coefficient (Wildman–Crippen LogP) is 2.19. The maximum Gasteiger partial charge on any atom is 0.0827 e. The molecule has 2 nitrogen and oxygen atoms in total. The summed E-state index contributed by atoms with van der Waals surface area (Å²) >= 11 is 0. The van der Waals surface area contributed by atoms with Crippen LogP contribution in [0.1, 0.15) is 46.5 Å². The van der Waals surface area contributed by atoms with Gasteiger partial charge in [-0.25, -0.2) is 0 Å². The SMILES string of the molecule is CCC(O)C(O)C1CC(C)CC(C)C1. The highest BCUT2D eigenvalue weighted by molar-refractivity contribution is 4.82. The fourth-order valence-electron chi connectivity index (χ4n) is 2.84. The average molecular weight is 200 g/mol. The van der Waals surface area contributed by atoms with Crippen LogP contribution in [0.5, 0.6) is 0 Å². The number of aliphatic hydroxyl groups excluding tert-OH is 2. The van der Waals surface area contributed by atoms with Gasteiger partial charge in [0.05, 0.1) is 12.2 Å². The summed E-state index contributed by atoms with van der Waals surface area (Å²) in [5.41, 5.74) is 0. The Hall–Kier alpha value is -0.0800. The first-order valence-corrected chi connectivity index (χ1v) is 5.90. The minimum atomic E-state index is -0.530. The molecule has 1 aliphatic carbocycles. The maximum atomic E-state index is 9.93. The fraction of sp³-hybridized carbons (Fsp3) is 1.00. The molecule has 0 radical (unpaired) electrons. The second-order valence-electron chi connectivity index (χ2n) is 5.14. The third kappa shape index (κ3) is 2.96. The van der Waals surface area contributed by atoms with Gasteiger partial charge in [-0.05, 0) is 43.4 Å². The van der Waals surface area contributed by atoms with E-state index in [0.29, 0.717) is 24.2 Å². The molecule has 1 rings (SSSR count). The summed E-state index contributed by atoms with van der Waals surface area (Å²) in [5, 5.41) is 19.5. The highest BCUT2D eigenvalue weighted by Crippen LogP contribution is 2.35. The van der Waals surface area contributed by atoms with Gasteiger partial charge in [0.15, 0.2) is 0 Å². The van der Waals surface area contributed by atoms with Gasteiger partial charge in [-0.3, -0.25) is 0 Å². The topological polar surface area (TPSA) is 40.5 Å². The molecule has 14 heavy (non-hydrogen) atoms. The lowest BCUT2D eigenvalue weighted by atomic mass is 9.73. The van der Waals surface area contributed by atoms with Gasteiger partial charge in [-0.1, -0.05) is 20.8 Å². The zero-order chi connectivity index (χ0) is 10.7. The van der Waals surface area contributed by atoms with Crippen molar-refractivity contribution in [2.24, 2.45) is 17.8 Å². The number of hydrogen-bond donors (Lipinski definition) is 2. The molecule has 0 aromatic heterocycles. The minimum Gasteiger partial charge on any atom is -0.390 e. The number of rotatable bonds is 3. The molecule has 0 aromatic rings. The average Bonchev–Trinajstić information content (AvgIpc) is 2.14. The van der Waals surface area contributed by atoms with Crippen LogP contribution in [0.3, 0.4) is 0 Å². The van der Waals surface area contributed by atoms with E-state index in [1.54, 1.807) is 0 Å². The third-order valence-electron chi connectivity index (χ3n) is 3.51. The van der Waals surface area contributed by atoms with Crippen LogP contribution in [0.2, 0.25) is 0 Å². The van der Waals surface area contributed by atoms with Crippen molar-refractivity contribution in [1.29, 1.82) is 0 Å². The van der Waals surface area contributed by atoms with E-state index in [4.69, 9.17) is 0 Å². The first-order chi connectivity index (χ1) is 6.54. The molecule has 0 amide bonds. The lowest BCUT2D eigenvalue weighted by Gasteiger charge is -2.35. The van der Waals surface area contributed by atoms with Gasteiger partial charge < -0.3 is 10.2 Å². The van der Waals surface area contributed by atoms with Crippen LogP contribution in [0.4, 0.5) is 0 Å². The van der Waals surface area contributed by atoms with E-state index in [1.807, 2.05) is 6.92 Å². The Labute approximate surface area is 87.3 Å². The van der Waals surface area contributed by atoms with E-state index >= 15 is 0 Å². The van der Waals surface area contributed by atoms with Crippen molar-refractivity contribution in [3.05, 3.63) is 0 Å². The Bertz CT molecular complexity index is 160. The molecule has 4 unspecified atom stereocenters. The van der Waals surface area contributed by atoms with Gasteiger partial charge in [0.2, 0.25) is 0 Å². The van der Waals surface area contributed by atoms with Crippen molar-refractivity contribution < 1.29 is 10.2 Å². The van der Waals surface area contributed by atoms with Crippen LogP contribution < -0.4 is 0 Å². The first kappa shape index (κ1) is 12.0. The van der Waals surface area contributed by atoms with Crippen LogP contribution in [-0.2, 0) is 0 Å². The van der Waals surface area contributed by atoms with E-state index < -0.39 is 12.2 Å². The summed E-state index contributed by atoms with van der Waals surface area (Å²) < 4.78 is 0. The molecule has 0 bridgehead atoms. The summed E-state index contributed by atoms with van der Waals surface area (Å²) in [5.74, 6) is 1.70. The van der Waals surface area contributed by atoms with Gasteiger partial charge in [0, 0.05) is 0 Å². The predicted molar refractivity (Wildman–Crippen MR) is 58.0 cm³/mol. The smallest absolute Gasteiger partial charge is 0.0827 e. The van der Waals surface area contributed by atoms with E-state index in [1.165, 1.54) is 6.42 Å². The summed E-state index contributed by atoms with van der Waals surface area (Å²) in [6.07, 6.45) is 3.03. The van der Waals surface area contributed by atoms with Crippen molar-refractivity contribution in [3.8, 4) is 0 Å².